The molecule has 1 aromatic heterocycles. The topological polar surface area (TPSA) is 65.8 Å². The predicted molar refractivity (Wildman–Crippen MR) is 88.7 cm³/mol. The van der Waals surface area contributed by atoms with Gasteiger partial charge in [-0.05, 0) is 36.6 Å². The van der Waals surface area contributed by atoms with Crippen LogP contribution in [0.5, 0.6) is 0 Å². The van der Waals surface area contributed by atoms with Crippen molar-refractivity contribution in [1.82, 2.24) is 4.98 Å². The Labute approximate surface area is 142 Å². The second-order valence-electron chi connectivity index (χ2n) is 5.93. The van der Waals surface area contributed by atoms with E-state index in [0.29, 0.717) is 22.5 Å². The van der Waals surface area contributed by atoms with Gasteiger partial charge in [-0.1, -0.05) is 6.07 Å². The maximum absolute atomic E-state index is 13.5. The number of carbonyl (C=O) groups is 1. The van der Waals surface area contributed by atoms with Gasteiger partial charge in [-0.15, -0.1) is 0 Å². The van der Waals surface area contributed by atoms with Gasteiger partial charge in [0.1, 0.15) is 11.5 Å². The molecule has 2 N–H and O–H groups in total. The van der Waals surface area contributed by atoms with Gasteiger partial charge in [-0.2, -0.15) is 0 Å². The summed E-state index contributed by atoms with van der Waals surface area (Å²) in [6, 6.07) is 5.09. The molecule has 0 bridgehead atoms. The van der Waals surface area contributed by atoms with Crippen molar-refractivity contribution in [3.8, 4) is 11.1 Å². The van der Waals surface area contributed by atoms with Crippen molar-refractivity contribution >= 4 is 17.7 Å². The fourth-order valence-corrected chi connectivity index (χ4v) is 2.51. The largest absolute Gasteiger partial charge is 0.376 e. The minimum Gasteiger partial charge on any atom is -0.376 e. The first-order valence-electron chi connectivity index (χ1n) is 7.84. The van der Waals surface area contributed by atoms with Crippen molar-refractivity contribution in [2.24, 2.45) is 5.92 Å². The summed E-state index contributed by atoms with van der Waals surface area (Å²) in [4.78, 5) is 15.9. The highest BCUT2D eigenvalue weighted by molar-refractivity contribution is 5.90. The first kappa shape index (κ1) is 17.1. The van der Waals surface area contributed by atoms with E-state index in [9.17, 15) is 18.0 Å². The molecule has 1 fully saturated rings. The predicted octanol–water partition coefficient (Wildman–Crippen LogP) is 4.21. The Morgan fingerprint density at radius 1 is 1.32 bits per heavy atom. The highest BCUT2D eigenvalue weighted by Crippen LogP contribution is 2.31. The van der Waals surface area contributed by atoms with Crippen LogP contribution in [0.4, 0.5) is 18.9 Å². The molecule has 0 saturated heterocycles. The van der Waals surface area contributed by atoms with E-state index in [1.54, 1.807) is 6.07 Å². The molecule has 1 aliphatic rings. The molecule has 1 saturated carbocycles. The van der Waals surface area contributed by atoms with Crippen LogP contribution in [-0.2, 0) is 4.79 Å². The summed E-state index contributed by atoms with van der Waals surface area (Å²) in [5.41, 5.74) is 1.01. The van der Waals surface area contributed by atoms with Crippen molar-refractivity contribution < 1.29 is 18.0 Å². The van der Waals surface area contributed by atoms with Gasteiger partial charge in [0.2, 0.25) is 0 Å². The fraction of sp³-hybridized carbons (Fsp3) is 0.278. The van der Waals surface area contributed by atoms with Gasteiger partial charge in [-0.25, -0.2) is 13.2 Å². The van der Waals surface area contributed by atoms with E-state index in [-0.39, 0.29) is 18.2 Å². The molecule has 25 heavy (non-hydrogen) atoms. The number of halogens is 3. The average molecular weight is 347 g/mol. The molecule has 7 heteroatoms. The van der Waals surface area contributed by atoms with E-state index in [0.717, 1.165) is 31.2 Å². The normalized spacial score (nSPS) is 13.8. The average Bonchev–Trinajstić information content (AvgIpc) is 3.44. The first-order valence-corrected chi connectivity index (χ1v) is 7.84. The number of benzene rings is 1. The van der Waals surface area contributed by atoms with Crippen molar-refractivity contribution in [1.29, 1.82) is 5.41 Å². The third-order valence-electron chi connectivity index (χ3n) is 4.11. The molecule has 1 aromatic carbocycles. The molecule has 0 atom stereocenters. The van der Waals surface area contributed by atoms with E-state index >= 15 is 0 Å². The van der Waals surface area contributed by atoms with Gasteiger partial charge in [0.15, 0.2) is 5.78 Å². The van der Waals surface area contributed by atoms with Crippen molar-refractivity contribution in [3.63, 3.8) is 0 Å². The molecule has 3 rings (SSSR count). The number of nitrogens with zero attached hydrogens (tertiary/aromatic N) is 1. The zero-order valence-electron chi connectivity index (χ0n) is 13.2. The van der Waals surface area contributed by atoms with E-state index in [1.165, 1.54) is 12.3 Å². The molecule has 4 nitrogen and oxygen atoms in total. The standard InChI is InChI=1S/C18H16F3N3O/c19-14-4-3-11(5-13(14)18(20)21)12-6-15(16(7-22)23-8-12)24-9-17(25)10-1-2-10/h3-8,10,18,22,24H,1-2,9H2. The molecule has 130 valence electrons. The number of aromatic nitrogens is 1. The molecule has 0 unspecified atom stereocenters. The molecular weight excluding hydrogens is 331 g/mol. The molecule has 0 aliphatic heterocycles. The number of rotatable bonds is 7. The molecule has 2 aromatic rings. The van der Waals surface area contributed by atoms with Crippen LogP contribution < -0.4 is 5.32 Å². The Kier molecular flexibility index (Phi) is 4.83. The molecule has 1 heterocycles. The maximum Gasteiger partial charge on any atom is 0.266 e. The summed E-state index contributed by atoms with van der Waals surface area (Å²) >= 11 is 0. The third-order valence-corrected chi connectivity index (χ3v) is 4.11. The Bertz CT molecular complexity index is 819. The Morgan fingerprint density at radius 2 is 2.08 bits per heavy atom. The molecule has 1 aliphatic carbocycles. The van der Waals surface area contributed by atoms with Crippen molar-refractivity contribution in [2.75, 3.05) is 11.9 Å². The summed E-state index contributed by atoms with van der Waals surface area (Å²) in [5.74, 6) is -0.753. The van der Waals surface area contributed by atoms with Crippen LogP contribution in [0.2, 0.25) is 0 Å². The van der Waals surface area contributed by atoms with E-state index < -0.39 is 17.8 Å². The maximum atomic E-state index is 13.5. The summed E-state index contributed by atoms with van der Waals surface area (Å²) < 4.78 is 39.2. The fourth-order valence-electron chi connectivity index (χ4n) is 2.51. The van der Waals surface area contributed by atoms with E-state index in [1.807, 2.05) is 0 Å². The van der Waals surface area contributed by atoms with E-state index in [2.05, 4.69) is 10.3 Å². The minimum absolute atomic E-state index is 0.100. The van der Waals surface area contributed by atoms with Gasteiger partial charge in [0, 0.05) is 23.9 Å². The molecule has 0 amide bonds. The Balaban J connectivity index is 1.89. The lowest BCUT2D eigenvalue weighted by atomic mass is 10.0. The Morgan fingerprint density at radius 3 is 2.72 bits per heavy atom. The number of pyridine rings is 1. The number of anilines is 1. The van der Waals surface area contributed by atoms with Crippen molar-refractivity contribution in [3.05, 3.63) is 47.5 Å². The summed E-state index contributed by atoms with van der Waals surface area (Å²) in [6.45, 7) is 0.127. The lowest BCUT2D eigenvalue weighted by molar-refractivity contribution is -0.118. The van der Waals surface area contributed by atoms with Gasteiger partial charge in [0.25, 0.3) is 6.43 Å². The van der Waals surface area contributed by atoms with Gasteiger partial charge >= 0.3 is 0 Å². The van der Waals surface area contributed by atoms with Gasteiger partial charge in [-0.3, -0.25) is 9.78 Å². The second-order valence-corrected chi connectivity index (χ2v) is 5.93. The quantitative estimate of drug-likeness (QED) is 0.737. The number of alkyl halides is 2. The number of Topliss-reactive ketones (excluding diaryl/α,β-unsaturated/α-hetero) is 1. The monoisotopic (exact) mass is 347 g/mol. The van der Waals surface area contributed by atoms with Crippen LogP contribution in [0.1, 0.15) is 30.5 Å². The van der Waals surface area contributed by atoms with Crippen LogP contribution in [-0.4, -0.2) is 23.5 Å². The number of hydrogen-bond donors (Lipinski definition) is 2. The van der Waals surface area contributed by atoms with Crippen molar-refractivity contribution in [2.45, 2.75) is 19.3 Å². The third kappa shape index (κ3) is 3.87. The molecule has 0 spiro atoms. The number of hydrogen-bond acceptors (Lipinski definition) is 4. The van der Waals surface area contributed by atoms with Crippen LogP contribution in [0.3, 0.4) is 0 Å². The summed E-state index contributed by atoms with van der Waals surface area (Å²) in [5, 5.41) is 10.4. The van der Waals surface area contributed by atoms with Crippen LogP contribution in [0.15, 0.2) is 30.5 Å². The zero-order chi connectivity index (χ0) is 18.0. The van der Waals surface area contributed by atoms with Gasteiger partial charge < -0.3 is 10.7 Å². The number of carbonyl (C=O) groups excluding carboxylic acids is 1. The SMILES string of the molecule is N=Cc1ncc(-c2ccc(F)c(C(F)F)c2)cc1NCC(=O)C1CC1. The number of ketones is 1. The molecular formula is C18H16F3N3O. The summed E-state index contributed by atoms with van der Waals surface area (Å²) in [7, 11) is 0. The lowest BCUT2D eigenvalue weighted by Crippen LogP contribution is -2.16. The van der Waals surface area contributed by atoms with Gasteiger partial charge in [0.05, 0.1) is 17.8 Å². The number of nitrogens with one attached hydrogen (secondary N) is 2. The van der Waals surface area contributed by atoms with Crippen LogP contribution in [0.25, 0.3) is 11.1 Å². The zero-order valence-corrected chi connectivity index (χ0v) is 13.2. The minimum atomic E-state index is -2.91. The Hall–Kier alpha value is -2.70. The first-order chi connectivity index (χ1) is 12.0. The van der Waals surface area contributed by atoms with E-state index in [4.69, 9.17) is 5.41 Å². The lowest BCUT2D eigenvalue weighted by Gasteiger charge is -2.11. The van der Waals surface area contributed by atoms with Crippen LogP contribution in [0, 0.1) is 17.1 Å². The smallest absolute Gasteiger partial charge is 0.266 e. The molecule has 0 radical (unpaired) electrons. The highest BCUT2D eigenvalue weighted by atomic mass is 19.3. The highest BCUT2D eigenvalue weighted by Gasteiger charge is 2.29. The van der Waals surface area contributed by atoms with Crippen LogP contribution >= 0.6 is 0 Å². The second kappa shape index (κ2) is 7.04. The summed E-state index contributed by atoms with van der Waals surface area (Å²) in [6.07, 6.45) is 1.37.